The van der Waals surface area contributed by atoms with Crippen LogP contribution in [0.1, 0.15) is 20.8 Å². The fraction of sp³-hybridized carbons (Fsp3) is 0.636. The Morgan fingerprint density at radius 1 is 1.57 bits per heavy atom. The first-order chi connectivity index (χ1) is 9.78. The van der Waals surface area contributed by atoms with Crippen LogP contribution in [0.3, 0.4) is 0 Å². The second-order valence-corrected chi connectivity index (χ2v) is 5.76. The van der Waals surface area contributed by atoms with Gasteiger partial charge < -0.3 is 10.4 Å². The summed E-state index contributed by atoms with van der Waals surface area (Å²) in [6, 6.07) is 2.08. The highest BCUT2D eigenvalue weighted by molar-refractivity contribution is 7.99. The van der Waals surface area contributed by atoms with Gasteiger partial charge >= 0.3 is 5.97 Å². The summed E-state index contributed by atoms with van der Waals surface area (Å²) in [4.78, 5) is 22.5. The zero-order valence-electron chi connectivity index (χ0n) is 11.9. The minimum absolute atomic E-state index is 0.00994. The number of hydrogen-bond donors (Lipinski definition) is 2. The summed E-state index contributed by atoms with van der Waals surface area (Å²) in [5.74, 6) is -1.48. The topological polar surface area (TPSA) is 134 Å². The molecule has 0 aliphatic heterocycles. The van der Waals surface area contributed by atoms with E-state index in [2.05, 4.69) is 26.9 Å². The van der Waals surface area contributed by atoms with Crippen LogP contribution in [0.5, 0.6) is 0 Å². The number of carboxylic acids is 1. The van der Waals surface area contributed by atoms with Crippen molar-refractivity contribution in [1.29, 1.82) is 5.26 Å². The molecule has 114 valence electrons. The molecule has 1 aromatic heterocycles. The minimum atomic E-state index is -1.08. The summed E-state index contributed by atoms with van der Waals surface area (Å²) < 4.78 is 1.09. The molecule has 21 heavy (non-hydrogen) atoms. The lowest BCUT2D eigenvalue weighted by molar-refractivity contribution is -0.138. The molecule has 0 aromatic carbocycles. The summed E-state index contributed by atoms with van der Waals surface area (Å²) in [5.41, 5.74) is -0.954. The van der Waals surface area contributed by atoms with E-state index in [1.165, 1.54) is 0 Å². The van der Waals surface area contributed by atoms with Crippen LogP contribution in [0.2, 0.25) is 0 Å². The van der Waals surface area contributed by atoms with Crippen LogP contribution in [-0.2, 0) is 16.1 Å². The standard InChI is InChI=1S/C11H16N6O3S/c1-7(2)11(3,6-12)13-8(18)5-21-10-14-15-16-17(10)4-9(19)20/h7H,4-5H2,1-3H3,(H,13,18)(H,19,20). The maximum Gasteiger partial charge on any atom is 0.325 e. The normalized spacial score (nSPS) is 13.5. The molecule has 1 unspecified atom stereocenters. The molecule has 0 saturated carbocycles. The third-order valence-electron chi connectivity index (χ3n) is 2.90. The third-order valence-corrected chi connectivity index (χ3v) is 3.86. The maximum absolute atomic E-state index is 11.9. The number of tetrazole rings is 1. The molecule has 0 fully saturated rings. The fourth-order valence-corrected chi connectivity index (χ4v) is 1.96. The number of nitrogens with zero attached hydrogens (tertiary/aromatic N) is 5. The number of nitrogens with one attached hydrogen (secondary N) is 1. The number of amides is 1. The van der Waals surface area contributed by atoms with E-state index in [0.717, 1.165) is 16.4 Å². The van der Waals surface area contributed by atoms with E-state index < -0.39 is 11.5 Å². The van der Waals surface area contributed by atoms with Gasteiger partial charge in [-0.05, 0) is 23.3 Å². The lowest BCUT2D eigenvalue weighted by atomic mass is 9.90. The van der Waals surface area contributed by atoms with Crippen LogP contribution in [-0.4, -0.2) is 48.5 Å². The Kier molecular flexibility index (Phi) is 5.66. The molecule has 0 bridgehead atoms. The molecule has 2 N–H and O–H groups in total. The predicted octanol–water partition coefficient (Wildman–Crippen LogP) is -0.0957. The molecule has 10 heteroatoms. The molecule has 0 spiro atoms. The molecule has 1 aromatic rings. The molecule has 1 amide bonds. The highest BCUT2D eigenvalue weighted by Gasteiger charge is 2.30. The molecule has 0 saturated heterocycles. The van der Waals surface area contributed by atoms with Gasteiger partial charge in [-0.15, -0.1) is 5.10 Å². The van der Waals surface area contributed by atoms with Gasteiger partial charge in [-0.2, -0.15) is 5.26 Å². The van der Waals surface area contributed by atoms with Crippen molar-refractivity contribution in [2.24, 2.45) is 5.92 Å². The van der Waals surface area contributed by atoms with Gasteiger partial charge in [0.2, 0.25) is 11.1 Å². The first kappa shape index (κ1) is 16.9. The van der Waals surface area contributed by atoms with E-state index >= 15 is 0 Å². The Balaban J connectivity index is 2.60. The molecule has 9 nitrogen and oxygen atoms in total. The number of carboxylic acid groups (broad SMARTS) is 1. The summed E-state index contributed by atoms with van der Waals surface area (Å²) in [6.45, 7) is 4.95. The van der Waals surface area contributed by atoms with E-state index in [0.29, 0.717) is 0 Å². The van der Waals surface area contributed by atoms with Gasteiger partial charge in [-0.25, -0.2) is 4.68 Å². The van der Waals surface area contributed by atoms with Gasteiger partial charge in [-0.3, -0.25) is 9.59 Å². The number of rotatable bonds is 7. The summed E-state index contributed by atoms with van der Waals surface area (Å²) in [5, 5.41) is 31.2. The van der Waals surface area contributed by atoms with Crippen LogP contribution >= 0.6 is 11.8 Å². The Labute approximate surface area is 125 Å². The molecule has 1 rings (SSSR count). The van der Waals surface area contributed by atoms with Gasteiger partial charge in [0.15, 0.2) is 0 Å². The van der Waals surface area contributed by atoms with Crippen LogP contribution in [0.25, 0.3) is 0 Å². The van der Waals surface area contributed by atoms with E-state index in [1.54, 1.807) is 6.92 Å². The van der Waals surface area contributed by atoms with Crippen LogP contribution in [0, 0.1) is 17.2 Å². The van der Waals surface area contributed by atoms with Crippen molar-refractivity contribution in [3.8, 4) is 6.07 Å². The van der Waals surface area contributed by atoms with E-state index in [-0.39, 0.29) is 29.3 Å². The van der Waals surface area contributed by atoms with Gasteiger partial charge in [0.1, 0.15) is 12.1 Å². The quantitative estimate of drug-likeness (QED) is 0.667. The average Bonchev–Trinajstić information content (AvgIpc) is 2.82. The van der Waals surface area contributed by atoms with Crippen LogP contribution < -0.4 is 5.32 Å². The molecular weight excluding hydrogens is 296 g/mol. The highest BCUT2D eigenvalue weighted by Crippen LogP contribution is 2.17. The Morgan fingerprint density at radius 2 is 2.24 bits per heavy atom. The largest absolute Gasteiger partial charge is 0.480 e. The van der Waals surface area contributed by atoms with Gasteiger partial charge in [0, 0.05) is 0 Å². The lowest BCUT2D eigenvalue weighted by Gasteiger charge is -2.27. The summed E-state index contributed by atoms with van der Waals surface area (Å²) in [7, 11) is 0. The van der Waals surface area contributed by atoms with Gasteiger partial charge in [0.05, 0.1) is 11.8 Å². The van der Waals surface area contributed by atoms with Crippen molar-refractivity contribution < 1.29 is 14.7 Å². The zero-order chi connectivity index (χ0) is 16.0. The number of carbonyl (C=O) groups excluding carboxylic acids is 1. The first-order valence-corrected chi connectivity index (χ1v) is 7.10. The summed E-state index contributed by atoms with van der Waals surface area (Å²) >= 11 is 1.01. The lowest BCUT2D eigenvalue weighted by Crippen LogP contribution is -2.49. The second-order valence-electron chi connectivity index (χ2n) is 4.82. The van der Waals surface area contributed by atoms with Gasteiger partial charge in [-0.1, -0.05) is 25.6 Å². The third kappa shape index (κ3) is 4.71. The Bertz CT molecular complexity index is 567. The first-order valence-electron chi connectivity index (χ1n) is 6.11. The Hall–Kier alpha value is -2.15. The number of hydrogen-bond acceptors (Lipinski definition) is 7. The fourth-order valence-electron chi connectivity index (χ4n) is 1.28. The van der Waals surface area contributed by atoms with E-state index in [4.69, 9.17) is 10.4 Å². The molecule has 0 aliphatic rings. The number of carbonyl (C=O) groups is 2. The maximum atomic E-state index is 11.9. The SMILES string of the molecule is CC(C)C(C)(C#N)NC(=O)CSc1nnnn1CC(=O)O. The highest BCUT2D eigenvalue weighted by atomic mass is 32.2. The number of thioether (sulfide) groups is 1. The molecule has 1 heterocycles. The summed E-state index contributed by atoms with van der Waals surface area (Å²) in [6.07, 6.45) is 0. The number of aliphatic carboxylic acids is 1. The Morgan fingerprint density at radius 3 is 2.76 bits per heavy atom. The van der Waals surface area contributed by atoms with Crippen molar-refractivity contribution >= 4 is 23.6 Å². The number of nitriles is 1. The van der Waals surface area contributed by atoms with Crippen molar-refractivity contribution in [3.63, 3.8) is 0 Å². The van der Waals surface area contributed by atoms with Crippen molar-refractivity contribution in [1.82, 2.24) is 25.5 Å². The number of aromatic nitrogens is 4. The van der Waals surface area contributed by atoms with Crippen molar-refractivity contribution in [3.05, 3.63) is 0 Å². The van der Waals surface area contributed by atoms with E-state index in [9.17, 15) is 9.59 Å². The predicted molar refractivity (Wildman–Crippen MR) is 73.2 cm³/mol. The smallest absolute Gasteiger partial charge is 0.325 e. The van der Waals surface area contributed by atoms with Crippen LogP contribution in [0.4, 0.5) is 0 Å². The van der Waals surface area contributed by atoms with Crippen molar-refractivity contribution in [2.75, 3.05) is 5.75 Å². The molecule has 0 aliphatic carbocycles. The van der Waals surface area contributed by atoms with Crippen LogP contribution in [0.15, 0.2) is 5.16 Å². The average molecular weight is 312 g/mol. The molecule has 1 atom stereocenters. The van der Waals surface area contributed by atoms with Gasteiger partial charge in [0.25, 0.3) is 0 Å². The molecular formula is C11H16N6O3S. The zero-order valence-corrected chi connectivity index (χ0v) is 12.7. The molecule has 0 radical (unpaired) electrons. The monoisotopic (exact) mass is 312 g/mol. The minimum Gasteiger partial charge on any atom is -0.480 e. The van der Waals surface area contributed by atoms with E-state index in [1.807, 2.05) is 13.8 Å². The second kappa shape index (κ2) is 7.03. The van der Waals surface area contributed by atoms with Crippen molar-refractivity contribution in [2.45, 2.75) is 38.0 Å².